The van der Waals surface area contributed by atoms with E-state index in [-0.39, 0.29) is 12.3 Å². The van der Waals surface area contributed by atoms with Crippen molar-refractivity contribution < 1.29 is 27.5 Å². The molecule has 0 saturated heterocycles. The highest BCUT2D eigenvalue weighted by Gasteiger charge is 2.48. The smallest absolute Gasteiger partial charge is 0.416 e. The second-order valence-electron chi connectivity index (χ2n) is 8.22. The average molecular weight is 459 g/mol. The van der Waals surface area contributed by atoms with E-state index >= 15 is 0 Å². The summed E-state index contributed by atoms with van der Waals surface area (Å²) in [6.07, 6.45) is -0.561. The molecule has 1 saturated carbocycles. The van der Waals surface area contributed by atoms with Crippen LogP contribution in [0.2, 0.25) is 0 Å². The van der Waals surface area contributed by atoms with E-state index < -0.39 is 29.2 Å². The number of benzene rings is 2. The molecule has 33 heavy (non-hydrogen) atoms. The van der Waals surface area contributed by atoms with E-state index in [4.69, 9.17) is 9.73 Å². The van der Waals surface area contributed by atoms with Crippen LogP contribution in [0.1, 0.15) is 43.2 Å². The lowest BCUT2D eigenvalue weighted by Crippen LogP contribution is -2.51. The number of nitrogens with one attached hydrogen (secondary N) is 1. The van der Waals surface area contributed by atoms with E-state index in [1.165, 1.54) is 24.1 Å². The second-order valence-corrected chi connectivity index (χ2v) is 8.22. The maximum Gasteiger partial charge on any atom is 0.416 e. The molecule has 0 unspecified atom stereocenters. The number of aliphatic imine (C=N–C) groups is 1. The van der Waals surface area contributed by atoms with Crippen LogP contribution in [-0.4, -0.2) is 41.7 Å². The fourth-order valence-corrected chi connectivity index (χ4v) is 4.44. The van der Waals surface area contributed by atoms with Crippen LogP contribution >= 0.6 is 0 Å². The lowest BCUT2D eigenvalue weighted by Gasteiger charge is -2.38. The third-order valence-electron chi connectivity index (χ3n) is 6.09. The van der Waals surface area contributed by atoms with Crippen molar-refractivity contribution >= 4 is 23.2 Å². The van der Waals surface area contributed by atoms with Crippen LogP contribution in [0.5, 0.6) is 5.75 Å². The molecule has 2 amide bonds. The Kier molecular flexibility index (Phi) is 6.14. The Balaban J connectivity index is 1.59. The Morgan fingerprint density at radius 1 is 1.09 bits per heavy atom. The van der Waals surface area contributed by atoms with Gasteiger partial charge in [0.2, 0.25) is 5.91 Å². The van der Waals surface area contributed by atoms with Gasteiger partial charge in [0.15, 0.2) is 0 Å². The zero-order chi connectivity index (χ0) is 23.6. The molecule has 1 heterocycles. The van der Waals surface area contributed by atoms with Crippen LogP contribution in [0.4, 0.5) is 18.9 Å². The van der Waals surface area contributed by atoms with Gasteiger partial charge in [-0.1, -0.05) is 30.7 Å². The topological polar surface area (TPSA) is 71.0 Å². The number of alkyl halides is 3. The molecule has 0 aromatic heterocycles. The van der Waals surface area contributed by atoms with Gasteiger partial charge >= 0.3 is 6.18 Å². The molecule has 1 N–H and O–H groups in total. The van der Waals surface area contributed by atoms with Gasteiger partial charge in [0, 0.05) is 5.56 Å². The molecule has 0 atom stereocenters. The molecule has 9 heteroatoms. The predicted octanol–water partition coefficient (Wildman–Crippen LogP) is 4.64. The van der Waals surface area contributed by atoms with E-state index in [0.29, 0.717) is 29.8 Å². The number of anilines is 1. The van der Waals surface area contributed by atoms with E-state index in [1.807, 2.05) is 0 Å². The molecule has 4 rings (SSSR count). The summed E-state index contributed by atoms with van der Waals surface area (Å²) in [6.45, 7) is -0.218. The molecule has 0 bridgehead atoms. The molecule has 6 nitrogen and oxygen atoms in total. The van der Waals surface area contributed by atoms with Crippen molar-refractivity contribution in [2.24, 2.45) is 4.99 Å². The molecule has 0 radical (unpaired) electrons. The first-order valence-electron chi connectivity index (χ1n) is 10.8. The van der Waals surface area contributed by atoms with Crippen molar-refractivity contribution in [1.29, 1.82) is 0 Å². The summed E-state index contributed by atoms with van der Waals surface area (Å²) in [4.78, 5) is 32.4. The summed E-state index contributed by atoms with van der Waals surface area (Å²) in [6, 6.07) is 11.3. The largest absolute Gasteiger partial charge is 0.495 e. The highest BCUT2D eigenvalue weighted by atomic mass is 19.4. The lowest BCUT2D eigenvalue weighted by molar-refractivity contribution is -0.137. The third-order valence-corrected chi connectivity index (χ3v) is 6.09. The Morgan fingerprint density at radius 2 is 1.76 bits per heavy atom. The summed E-state index contributed by atoms with van der Waals surface area (Å²) >= 11 is 0. The molecule has 1 aliphatic carbocycles. The SMILES string of the molecule is COc1ccccc1NC(=O)CN1C(=O)C(c2ccc(C(F)(F)F)cc2)=NC12CCCCC2. The normalized spacial score (nSPS) is 17.8. The van der Waals surface area contributed by atoms with Gasteiger partial charge in [0.05, 0.1) is 18.4 Å². The van der Waals surface area contributed by atoms with Crippen molar-refractivity contribution in [3.63, 3.8) is 0 Å². The minimum atomic E-state index is -4.47. The number of nitrogens with zero attached hydrogens (tertiary/aromatic N) is 2. The monoisotopic (exact) mass is 459 g/mol. The summed E-state index contributed by atoms with van der Waals surface area (Å²) in [5.41, 5.74) is -0.761. The van der Waals surface area contributed by atoms with Gasteiger partial charge in [-0.3, -0.25) is 14.6 Å². The van der Waals surface area contributed by atoms with Crippen LogP contribution in [0, 0.1) is 0 Å². The summed E-state index contributed by atoms with van der Waals surface area (Å²) in [7, 11) is 1.50. The first kappa shape index (κ1) is 22.8. The van der Waals surface area contributed by atoms with Gasteiger partial charge in [-0.05, 0) is 49.9 Å². The fraction of sp³-hybridized carbons (Fsp3) is 0.375. The molecule has 1 fully saturated rings. The van der Waals surface area contributed by atoms with E-state index in [9.17, 15) is 22.8 Å². The minimum absolute atomic E-state index is 0.0933. The van der Waals surface area contributed by atoms with Gasteiger partial charge in [-0.2, -0.15) is 13.2 Å². The van der Waals surface area contributed by atoms with Gasteiger partial charge in [0.1, 0.15) is 23.7 Å². The van der Waals surface area contributed by atoms with Gasteiger partial charge < -0.3 is 15.0 Å². The molecule has 2 aliphatic rings. The number of halogens is 3. The van der Waals surface area contributed by atoms with Crippen LogP contribution in [0.3, 0.4) is 0 Å². The third kappa shape index (κ3) is 4.58. The Bertz CT molecular complexity index is 1070. The standard InChI is InChI=1S/C24H24F3N3O3/c1-33-19-8-4-3-7-18(19)28-20(31)15-30-22(32)21(29-23(30)13-5-2-6-14-23)16-9-11-17(12-10-16)24(25,26)27/h3-4,7-12H,2,5-6,13-15H2,1H3,(H,28,31). The molecule has 1 aliphatic heterocycles. The van der Waals surface area contributed by atoms with Crippen molar-refractivity contribution in [3.05, 3.63) is 59.7 Å². The van der Waals surface area contributed by atoms with Crippen molar-refractivity contribution in [1.82, 2.24) is 4.90 Å². The molecular formula is C24H24F3N3O3. The van der Waals surface area contributed by atoms with Gasteiger partial charge in [-0.15, -0.1) is 0 Å². The number of para-hydroxylation sites is 2. The maximum atomic E-state index is 13.3. The highest BCUT2D eigenvalue weighted by Crippen LogP contribution is 2.40. The Hall–Kier alpha value is -3.36. The zero-order valence-corrected chi connectivity index (χ0v) is 18.1. The number of carbonyl (C=O) groups excluding carboxylic acids is 2. The van der Waals surface area contributed by atoms with Crippen LogP contribution in [-0.2, 0) is 15.8 Å². The summed E-state index contributed by atoms with van der Waals surface area (Å²) in [5, 5.41) is 2.78. The van der Waals surface area contributed by atoms with Crippen LogP contribution in [0.25, 0.3) is 0 Å². The first-order valence-corrected chi connectivity index (χ1v) is 10.8. The van der Waals surface area contributed by atoms with Crippen LogP contribution < -0.4 is 10.1 Å². The number of amides is 2. The van der Waals surface area contributed by atoms with E-state index in [0.717, 1.165) is 31.4 Å². The molecule has 174 valence electrons. The van der Waals surface area contributed by atoms with Crippen molar-refractivity contribution in [2.45, 2.75) is 43.9 Å². The lowest BCUT2D eigenvalue weighted by atomic mass is 9.88. The van der Waals surface area contributed by atoms with Gasteiger partial charge in [-0.25, -0.2) is 0 Å². The number of rotatable bonds is 5. The Labute approximate surface area is 189 Å². The molecule has 2 aromatic rings. The van der Waals surface area contributed by atoms with Crippen molar-refractivity contribution in [2.75, 3.05) is 19.0 Å². The van der Waals surface area contributed by atoms with Gasteiger partial charge in [0.25, 0.3) is 5.91 Å². The molecular weight excluding hydrogens is 435 g/mol. The van der Waals surface area contributed by atoms with E-state index in [1.54, 1.807) is 24.3 Å². The van der Waals surface area contributed by atoms with Crippen molar-refractivity contribution in [3.8, 4) is 5.75 Å². The number of ether oxygens (including phenoxy) is 1. The molecule has 2 aromatic carbocycles. The number of hydrogen-bond acceptors (Lipinski definition) is 4. The first-order chi connectivity index (χ1) is 15.7. The zero-order valence-electron chi connectivity index (χ0n) is 18.1. The molecule has 1 spiro atoms. The highest BCUT2D eigenvalue weighted by molar-refractivity contribution is 6.47. The number of hydrogen-bond donors (Lipinski definition) is 1. The predicted molar refractivity (Wildman–Crippen MR) is 117 cm³/mol. The average Bonchev–Trinajstić information content (AvgIpc) is 3.05. The quantitative estimate of drug-likeness (QED) is 0.708. The number of methoxy groups -OCH3 is 1. The minimum Gasteiger partial charge on any atom is -0.495 e. The maximum absolute atomic E-state index is 13.3. The fourth-order valence-electron chi connectivity index (χ4n) is 4.44. The summed E-state index contributed by atoms with van der Waals surface area (Å²) < 4.78 is 44.1. The van der Waals surface area contributed by atoms with Crippen LogP contribution in [0.15, 0.2) is 53.5 Å². The second kappa shape index (κ2) is 8.88. The number of carbonyl (C=O) groups is 2. The summed E-state index contributed by atoms with van der Waals surface area (Å²) in [5.74, 6) is -0.360. The van der Waals surface area contributed by atoms with E-state index in [2.05, 4.69) is 5.32 Å². The Morgan fingerprint density at radius 3 is 2.39 bits per heavy atom.